The van der Waals surface area contributed by atoms with Crippen LogP contribution in [-0.4, -0.2) is 44.5 Å². The molecule has 32 heavy (non-hydrogen) atoms. The Kier molecular flexibility index (Phi) is 8.35. The van der Waals surface area contributed by atoms with Crippen molar-refractivity contribution in [2.24, 2.45) is 0 Å². The average molecular weight is 516 g/mol. The highest BCUT2D eigenvalue weighted by atomic mass is 79.9. The molecule has 0 amide bonds. The lowest BCUT2D eigenvalue weighted by Gasteiger charge is -2.43. The third-order valence-electron chi connectivity index (χ3n) is 5.88. The second-order valence-electron chi connectivity index (χ2n) is 9.03. The number of rotatable bonds is 9. The van der Waals surface area contributed by atoms with Crippen molar-refractivity contribution >= 4 is 40.6 Å². The van der Waals surface area contributed by atoms with E-state index in [1.54, 1.807) is 0 Å². The van der Waals surface area contributed by atoms with E-state index in [1.165, 1.54) is 10.4 Å². The van der Waals surface area contributed by atoms with Gasteiger partial charge in [-0.25, -0.2) is 0 Å². The second kappa shape index (κ2) is 10.8. The number of halogens is 1. The Morgan fingerprint density at radius 3 is 2.09 bits per heavy atom. The highest BCUT2D eigenvalue weighted by molar-refractivity contribution is 9.09. The normalized spacial score (nSPS) is 18.6. The van der Waals surface area contributed by atoms with Crippen molar-refractivity contribution < 1.29 is 18.7 Å². The highest BCUT2D eigenvalue weighted by Crippen LogP contribution is 2.37. The van der Waals surface area contributed by atoms with Gasteiger partial charge in [-0.15, -0.1) is 6.42 Å². The molecule has 1 saturated heterocycles. The molecular formula is C26H31BrO4Si. The number of alkyl halides is 1. The molecule has 0 spiro atoms. The minimum atomic E-state index is -2.70. The van der Waals surface area contributed by atoms with Gasteiger partial charge < -0.3 is 13.9 Å². The minimum Gasteiger partial charge on any atom is -0.460 e. The van der Waals surface area contributed by atoms with Crippen LogP contribution in [0, 0.1) is 12.3 Å². The van der Waals surface area contributed by atoms with Crippen molar-refractivity contribution in [3.63, 3.8) is 0 Å². The molecule has 2 aromatic carbocycles. The molecular weight excluding hydrogens is 484 g/mol. The molecule has 0 radical (unpaired) electrons. The number of esters is 1. The maximum Gasteiger partial charge on any atom is 0.306 e. The molecule has 1 aliphatic rings. The van der Waals surface area contributed by atoms with Gasteiger partial charge in [0, 0.05) is 11.8 Å². The molecule has 0 bridgehead atoms. The molecule has 3 rings (SSSR count). The van der Waals surface area contributed by atoms with Crippen LogP contribution in [0.25, 0.3) is 0 Å². The Balaban J connectivity index is 1.89. The zero-order chi connectivity index (χ0) is 23.2. The number of hydrogen-bond donors (Lipinski definition) is 0. The van der Waals surface area contributed by atoms with Crippen molar-refractivity contribution in [1.82, 2.24) is 0 Å². The van der Waals surface area contributed by atoms with Gasteiger partial charge in [0.15, 0.2) is 0 Å². The summed E-state index contributed by atoms with van der Waals surface area (Å²) in [6.45, 7) is 6.94. The summed E-state index contributed by atoms with van der Waals surface area (Å²) in [5, 5.41) is 2.76. The maximum absolute atomic E-state index is 11.6. The van der Waals surface area contributed by atoms with Crippen LogP contribution < -0.4 is 10.4 Å². The quantitative estimate of drug-likeness (QED) is 0.219. The number of carbonyl (C=O) groups is 1. The predicted molar refractivity (Wildman–Crippen MR) is 134 cm³/mol. The SMILES string of the molecule is C#CC(CO[Si](c1ccccc1)(c1ccccc1)C(C)(C)C)O[C@@H](CBr)[C@@H]1CCC(=O)O1. The Morgan fingerprint density at radius 1 is 1.12 bits per heavy atom. The Hall–Kier alpha value is -1.91. The minimum absolute atomic E-state index is 0.148. The topological polar surface area (TPSA) is 44.8 Å². The molecule has 4 nitrogen and oxygen atoms in total. The van der Waals surface area contributed by atoms with Crippen LogP contribution in [-0.2, 0) is 18.7 Å². The zero-order valence-corrected chi connectivity index (χ0v) is 21.5. The van der Waals surface area contributed by atoms with Crippen LogP contribution in [0.4, 0.5) is 0 Å². The summed E-state index contributed by atoms with van der Waals surface area (Å²) >= 11 is 3.48. The molecule has 0 saturated carbocycles. The predicted octanol–water partition coefficient (Wildman–Crippen LogP) is 4.05. The van der Waals surface area contributed by atoms with Gasteiger partial charge in [0.2, 0.25) is 0 Å². The van der Waals surface area contributed by atoms with E-state index < -0.39 is 14.4 Å². The van der Waals surface area contributed by atoms with Gasteiger partial charge in [-0.05, 0) is 21.8 Å². The van der Waals surface area contributed by atoms with Crippen molar-refractivity contribution in [2.75, 3.05) is 11.9 Å². The van der Waals surface area contributed by atoms with E-state index in [9.17, 15) is 4.79 Å². The molecule has 2 aromatic rings. The van der Waals surface area contributed by atoms with Gasteiger partial charge in [0.25, 0.3) is 8.32 Å². The summed E-state index contributed by atoms with van der Waals surface area (Å²) in [5.41, 5.74) is 0. The fourth-order valence-electron chi connectivity index (χ4n) is 4.33. The van der Waals surface area contributed by atoms with Gasteiger partial charge in [-0.1, -0.05) is 103 Å². The van der Waals surface area contributed by atoms with Crippen LogP contribution in [0.3, 0.4) is 0 Å². The monoisotopic (exact) mass is 514 g/mol. The largest absolute Gasteiger partial charge is 0.460 e. The summed E-state index contributed by atoms with van der Waals surface area (Å²) < 4.78 is 18.5. The number of cyclic esters (lactones) is 1. The van der Waals surface area contributed by atoms with Crippen LogP contribution in [0.15, 0.2) is 60.7 Å². The third kappa shape index (κ3) is 5.35. The maximum atomic E-state index is 11.6. The fourth-order valence-corrected chi connectivity index (χ4v) is 9.46. The highest BCUT2D eigenvalue weighted by Gasteiger charge is 2.50. The van der Waals surface area contributed by atoms with E-state index >= 15 is 0 Å². The smallest absolute Gasteiger partial charge is 0.306 e. The van der Waals surface area contributed by atoms with Crippen molar-refractivity contribution in [3.05, 3.63) is 60.7 Å². The molecule has 0 N–H and O–H groups in total. The van der Waals surface area contributed by atoms with E-state index in [0.29, 0.717) is 18.2 Å². The van der Waals surface area contributed by atoms with E-state index in [1.807, 2.05) is 12.1 Å². The van der Waals surface area contributed by atoms with Crippen LogP contribution >= 0.6 is 15.9 Å². The molecule has 0 aliphatic carbocycles. The first-order valence-electron chi connectivity index (χ1n) is 10.9. The fraction of sp³-hybridized carbons (Fsp3) is 0.423. The Labute approximate surface area is 200 Å². The Bertz CT molecular complexity index is 881. The molecule has 1 unspecified atom stereocenters. The first-order chi connectivity index (χ1) is 15.3. The average Bonchev–Trinajstić information content (AvgIpc) is 3.23. The summed E-state index contributed by atoms with van der Waals surface area (Å²) in [6, 6.07) is 20.9. The van der Waals surface area contributed by atoms with E-state index in [4.69, 9.17) is 20.3 Å². The second-order valence-corrected chi connectivity index (χ2v) is 14.0. The number of terminal acetylenes is 1. The van der Waals surface area contributed by atoms with Gasteiger partial charge in [0.1, 0.15) is 18.3 Å². The molecule has 1 fully saturated rings. The van der Waals surface area contributed by atoms with Crippen LogP contribution in [0.5, 0.6) is 0 Å². The number of carbonyl (C=O) groups excluding carboxylic acids is 1. The van der Waals surface area contributed by atoms with Crippen molar-refractivity contribution in [3.8, 4) is 12.3 Å². The number of ether oxygens (including phenoxy) is 2. The van der Waals surface area contributed by atoms with Gasteiger partial charge >= 0.3 is 5.97 Å². The van der Waals surface area contributed by atoms with Gasteiger partial charge in [-0.2, -0.15) is 0 Å². The first-order valence-corrected chi connectivity index (χ1v) is 14.0. The lowest BCUT2D eigenvalue weighted by atomic mass is 10.1. The third-order valence-corrected chi connectivity index (χ3v) is 11.5. The first kappa shape index (κ1) is 24.7. The summed E-state index contributed by atoms with van der Waals surface area (Å²) in [5.74, 6) is 2.55. The van der Waals surface area contributed by atoms with Crippen molar-refractivity contribution in [2.45, 2.75) is 57.0 Å². The van der Waals surface area contributed by atoms with E-state index in [0.717, 1.165) is 0 Å². The van der Waals surface area contributed by atoms with Crippen LogP contribution in [0.1, 0.15) is 33.6 Å². The standard InChI is InChI=1S/C26H31BrO4Si/c1-5-20(30-24(18-27)23-16-17-25(28)31-23)19-29-32(26(2,3)4,21-12-8-6-9-13-21)22-14-10-7-11-15-22/h1,6-15,20,23-24H,16-19H2,2-4H3/t20?,23-,24-/m0/s1. The summed E-state index contributed by atoms with van der Waals surface area (Å²) in [4.78, 5) is 11.6. The number of benzene rings is 2. The lowest BCUT2D eigenvalue weighted by molar-refractivity contribution is -0.147. The van der Waals surface area contributed by atoms with E-state index in [2.05, 4.69) is 91.2 Å². The molecule has 1 aliphatic heterocycles. The summed E-state index contributed by atoms with van der Waals surface area (Å²) in [7, 11) is -2.70. The van der Waals surface area contributed by atoms with Gasteiger partial charge in [0.05, 0.1) is 6.61 Å². The zero-order valence-electron chi connectivity index (χ0n) is 18.9. The Morgan fingerprint density at radius 2 is 1.69 bits per heavy atom. The molecule has 6 heteroatoms. The van der Waals surface area contributed by atoms with E-state index in [-0.39, 0.29) is 29.8 Å². The summed E-state index contributed by atoms with van der Waals surface area (Å²) in [6.07, 6.45) is 5.75. The molecule has 1 heterocycles. The number of hydrogen-bond acceptors (Lipinski definition) is 4. The molecule has 0 aromatic heterocycles. The molecule has 170 valence electrons. The molecule has 3 atom stereocenters. The lowest BCUT2D eigenvalue weighted by Crippen LogP contribution is -2.67. The van der Waals surface area contributed by atoms with Crippen LogP contribution in [0.2, 0.25) is 5.04 Å². The van der Waals surface area contributed by atoms with Gasteiger partial charge in [-0.3, -0.25) is 4.79 Å². The van der Waals surface area contributed by atoms with Crippen molar-refractivity contribution in [1.29, 1.82) is 0 Å².